The lowest BCUT2D eigenvalue weighted by molar-refractivity contribution is -0.138. The molecule has 4 rings (SSSR count). The Morgan fingerprint density at radius 2 is 1.76 bits per heavy atom. The molecule has 0 aliphatic carbocycles. The molecular weight excluding hydrogens is 441 g/mol. The van der Waals surface area contributed by atoms with Crippen LogP contribution in [0.1, 0.15) is 12.5 Å². The van der Waals surface area contributed by atoms with E-state index in [-0.39, 0.29) is 23.7 Å². The van der Waals surface area contributed by atoms with Crippen molar-refractivity contribution in [3.05, 3.63) is 106 Å². The van der Waals surface area contributed by atoms with Gasteiger partial charge in [0.2, 0.25) is 0 Å². The number of hydrogen-bond donors (Lipinski definition) is 1. The van der Waals surface area contributed by atoms with E-state index in [4.69, 9.17) is 9.47 Å². The molecule has 0 fully saturated rings. The first kappa shape index (κ1) is 22.4. The molecule has 5 nitrogen and oxygen atoms in total. The van der Waals surface area contributed by atoms with Crippen LogP contribution in [-0.4, -0.2) is 22.7 Å². The number of hydrogen-bond acceptors (Lipinski definition) is 6. The molecular formula is C26H20FNO4S. The Morgan fingerprint density at radius 3 is 2.45 bits per heavy atom. The minimum Gasteiger partial charge on any atom is -0.506 e. The Labute approximate surface area is 194 Å². The zero-order valence-electron chi connectivity index (χ0n) is 17.7. The van der Waals surface area contributed by atoms with Gasteiger partial charge in [0.15, 0.2) is 11.6 Å². The summed E-state index contributed by atoms with van der Waals surface area (Å²) in [5.74, 6) is -0.860. The molecule has 1 aliphatic rings. The van der Waals surface area contributed by atoms with Crippen LogP contribution in [0.4, 0.5) is 10.1 Å². The van der Waals surface area contributed by atoms with Crippen LogP contribution in [0.3, 0.4) is 0 Å². The van der Waals surface area contributed by atoms with Crippen molar-refractivity contribution in [2.24, 2.45) is 4.99 Å². The first-order chi connectivity index (χ1) is 16.0. The number of carbonyl (C=O) groups is 1. The smallest absolute Gasteiger partial charge is 0.344 e. The van der Waals surface area contributed by atoms with Gasteiger partial charge in [-0.2, -0.15) is 0 Å². The number of esters is 1. The molecule has 3 aromatic rings. The molecule has 1 aliphatic heterocycles. The lowest BCUT2D eigenvalue weighted by Gasteiger charge is -2.08. The first-order valence-corrected chi connectivity index (χ1v) is 11.0. The fourth-order valence-electron chi connectivity index (χ4n) is 3.07. The molecule has 0 radical (unpaired) electrons. The highest BCUT2D eigenvalue weighted by Crippen LogP contribution is 2.40. The van der Waals surface area contributed by atoms with Crippen molar-refractivity contribution in [1.29, 1.82) is 0 Å². The van der Waals surface area contributed by atoms with Gasteiger partial charge in [0.25, 0.3) is 0 Å². The summed E-state index contributed by atoms with van der Waals surface area (Å²) >= 11 is 1.14. The van der Waals surface area contributed by atoms with E-state index in [1.807, 2.05) is 24.3 Å². The molecule has 1 N–H and O–H groups in total. The minimum absolute atomic E-state index is 0.000163. The zero-order valence-corrected chi connectivity index (χ0v) is 18.5. The van der Waals surface area contributed by atoms with Crippen molar-refractivity contribution in [3.8, 4) is 11.5 Å². The monoisotopic (exact) mass is 461 g/mol. The average molecular weight is 462 g/mol. The van der Waals surface area contributed by atoms with Crippen molar-refractivity contribution in [2.45, 2.75) is 6.92 Å². The third-order valence-electron chi connectivity index (χ3n) is 4.58. The van der Waals surface area contributed by atoms with E-state index in [0.29, 0.717) is 26.9 Å². The predicted octanol–water partition coefficient (Wildman–Crippen LogP) is 6.81. The number of aliphatic imine (C=N–C) groups is 1. The van der Waals surface area contributed by atoms with Crippen LogP contribution in [-0.2, 0) is 9.53 Å². The lowest BCUT2D eigenvalue weighted by atomic mass is 10.1. The summed E-state index contributed by atoms with van der Waals surface area (Å²) in [7, 11) is 0. The number of ether oxygens (including phenoxy) is 2. The number of halogens is 1. The van der Waals surface area contributed by atoms with Gasteiger partial charge in [0, 0.05) is 0 Å². The number of benzene rings is 3. The summed E-state index contributed by atoms with van der Waals surface area (Å²) in [5, 5.41) is 11.1. The van der Waals surface area contributed by atoms with E-state index in [1.54, 1.807) is 55.5 Å². The third kappa shape index (κ3) is 5.32. The van der Waals surface area contributed by atoms with Gasteiger partial charge in [0.05, 0.1) is 17.2 Å². The van der Waals surface area contributed by atoms with Crippen LogP contribution in [0.5, 0.6) is 11.5 Å². The summed E-state index contributed by atoms with van der Waals surface area (Å²) in [5.41, 5.74) is 1.22. The van der Waals surface area contributed by atoms with Gasteiger partial charge in [-0.25, -0.2) is 14.2 Å². The van der Waals surface area contributed by atoms with Gasteiger partial charge in [0.1, 0.15) is 22.1 Å². The average Bonchev–Trinajstić information content (AvgIpc) is 3.12. The quantitative estimate of drug-likeness (QED) is 0.408. The van der Waals surface area contributed by atoms with Crippen molar-refractivity contribution in [2.75, 3.05) is 6.61 Å². The molecule has 0 atom stereocenters. The van der Waals surface area contributed by atoms with E-state index < -0.39 is 11.8 Å². The van der Waals surface area contributed by atoms with Crippen molar-refractivity contribution < 1.29 is 23.8 Å². The Morgan fingerprint density at radius 1 is 1.06 bits per heavy atom. The highest BCUT2D eigenvalue weighted by molar-refractivity contribution is 8.18. The molecule has 0 aromatic heterocycles. The maximum absolute atomic E-state index is 14.3. The molecule has 0 saturated heterocycles. The molecule has 33 heavy (non-hydrogen) atoms. The van der Waals surface area contributed by atoms with Crippen LogP contribution in [0.15, 0.2) is 100 Å². The largest absolute Gasteiger partial charge is 0.506 e. The van der Waals surface area contributed by atoms with Crippen LogP contribution >= 0.6 is 11.8 Å². The van der Waals surface area contributed by atoms with Crippen molar-refractivity contribution >= 4 is 34.5 Å². The van der Waals surface area contributed by atoms with Gasteiger partial charge in [-0.05, 0) is 55.0 Å². The lowest BCUT2D eigenvalue weighted by Crippen LogP contribution is -2.12. The highest BCUT2D eigenvalue weighted by Gasteiger charge is 2.33. The maximum Gasteiger partial charge on any atom is 0.344 e. The van der Waals surface area contributed by atoms with E-state index in [9.17, 15) is 14.3 Å². The zero-order chi connectivity index (χ0) is 23.2. The summed E-state index contributed by atoms with van der Waals surface area (Å²) in [4.78, 5) is 17.4. The highest BCUT2D eigenvalue weighted by atomic mass is 32.2. The number of nitrogens with zero attached hydrogens (tertiary/aromatic N) is 1. The van der Waals surface area contributed by atoms with Gasteiger partial charge < -0.3 is 14.6 Å². The number of carbonyl (C=O) groups excluding carboxylic acids is 1. The number of thioether (sulfide) groups is 1. The minimum atomic E-state index is -0.659. The molecule has 1 heterocycles. The topological polar surface area (TPSA) is 68.1 Å². The van der Waals surface area contributed by atoms with E-state index in [2.05, 4.69) is 4.99 Å². The Balaban J connectivity index is 1.69. The number of aliphatic hydroxyl groups excluding tert-OH is 1. The van der Waals surface area contributed by atoms with E-state index in [1.165, 1.54) is 12.1 Å². The predicted molar refractivity (Wildman–Crippen MR) is 128 cm³/mol. The molecule has 0 amide bonds. The van der Waals surface area contributed by atoms with Crippen molar-refractivity contribution in [1.82, 2.24) is 0 Å². The molecule has 0 saturated carbocycles. The third-order valence-corrected chi connectivity index (χ3v) is 5.60. The molecule has 166 valence electrons. The number of para-hydroxylation sites is 2. The van der Waals surface area contributed by atoms with E-state index >= 15 is 0 Å². The SMILES string of the molecule is CCOC(=O)C1=C(O)C(=Cc2ccc(F)c(Oc3ccccc3)c2)SC1=Nc1ccccc1. The summed E-state index contributed by atoms with van der Waals surface area (Å²) < 4.78 is 25.1. The van der Waals surface area contributed by atoms with Crippen LogP contribution in [0, 0.1) is 5.82 Å². The normalized spacial score (nSPS) is 15.8. The second-order valence-corrected chi connectivity index (χ2v) is 7.94. The van der Waals surface area contributed by atoms with Gasteiger partial charge in [-0.3, -0.25) is 0 Å². The summed E-state index contributed by atoms with van der Waals surface area (Å²) in [6, 6.07) is 22.4. The van der Waals surface area contributed by atoms with Crippen molar-refractivity contribution in [3.63, 3.8) is 0 Å². The summed E-state index contributed by atoms with van der Waals surface area (Å²) in [6.07, 6.45) is 1.64. The first-order valence-electron chi connectivity index (χ1n) is 10.2. The molecule has 0 unspecified atom stereocenters. The number of aliphatic hydroxyl groups is 1. The molecule has 7 heteroatoms. The molecule has 0 bridgehead atoms. The molecule has 3 aromatic carbocycles. The number of rotatable bonds is 6. The Kier molecular flexibility index (Phi) is 6.90. The fraction of sp³-hybridized carbons (Fsp3) is 0.0769. The van der Waals surface area contributed by atoms with Gasteiger partial charge >= 0.3 is 5.97 Å². The second kappa shape index (κ2) is 10.2. The van der Waals surface area contributed by atoms with Crippen LogP contribution in [0.25, 0.3) is 6.08 Å². The van der Waals surface area contributed by atoms with Crippen LogP contribution < -0.4 is 4.74 Å². The maximum atomic E-state index is 14.3. The Hall–Kier alpha value is -3.84. The van der Waals surface area contributed by atoms with Gasteiger partial charge in [-0.15, -0.1) is 0 Å². The fourth-order valence-corrected chi connectivity index (χ4v) is 4.10. The second-order valence-electron chi connectivity index (χ2n) is 6.91. The Bertz CT molecular complexity index is 1250. The van der Waals surface area contributed by atoms with Gasteiger partial charge in [-0.1, -0.05) is 54.2 Å². The standard InChI is InChI=1S/C26H20FNO4S/c1-2-31-26(30)23-24(29)22(33-25(23)28-18-9-5-3-6-10-18)16-17-13-14-20(27)21(15-17)32-19-11-7-4-8-12-19/h3-16,29H,2H2,1H3. The molecule has 0 spiro atoms. The van der Waals surface area contributed by atoms with E-state index in [0.717, 1.165) is 11.8 Å². The summed E-state index contributed by atoms with van der Waals surface area (Å²) in [6.45, 7) is 1.85. The van der Waals surface area contributed by atoms with Crippen LogP contribution in [0.2, 0.25) is 0 Å².